The van der Waals surface area contributed by atoms with Crippen LogP contribution in [0.25, 0.3) is 0 Å². The third kappa shape index (κ3) is 27.9. The maximum atomic E-state index is 13.0. The minimum absolute atomic E-state index is 0.138. The van der Waals surface area contributed by atoms with E-state index in [-0.39, 0.29) is 12.5 Å². The van der Waals surface area contributed by atoms with Crippen LogP contribution in [0, 0.1) is 0 Å². The van der Waals surface area contributed by atoms with Gasteiger partial charge in [-0.1, -0.05) is 186 Å². The van der Waals surface area contributed by atoms with Crippen LogP contribution < -0.4 is 5.32 Å². The highest BCUT2D eigenvalue weighted by Crippen LogP contribution is 2.23. The molecular formula is C46H87NO8. The quantitative estimate of drug-likeness (QED) is 0.0268. The maximum Gasteiger partial charge on any atom is 0.220 e. The van der Waals surface area contributed by atoms with E-state index in [2.05, 4.69) is 43.5 Å². The average Bonchev–Trinajstić information content (AvgIpc) is 3.18. The molecule has 0 aromatic carbocycles. The molecule has 6 N–H and O–H groups in total. The van der Waals surface area contributed by atoms with E-state index >= 15 is 0 Å². The molecule has 1 aliphatic heterocycles. The monoisotopic (exact) mass is 782 g/mol. The zero-order valence-electron chi connectivity index (χ0n) is 35.4. The van der Waals surface area contributed by atoms with E-state index in [1.54, 1.807) is 0 Å². The van der Waals surface area contributed by atoms with Gasteiger partial charge in [-0.05, 0) is 38.5 Å². The number of nitrogens with one attached hydrogen (secondary N) is 1. The fourth-order valence-corrected chi connectivity index (χ4v) is 7.33. The standard InChI is InChI=1S/C46H87NO8/c1-3-5-7-9-11-13-15-17-18-19-20-21-22-24-26-28-30-32-34-36-42(50)47-39(38-54-46-45(53)44(52)43(51)41(37-48)55-46)40(49)35-33-31-29-27-25-23-16-14-12-10-8-6-4-2/h11,13,15,17,39-41,43-46,48-49,51-53H,3-10,12,14,16,18-38H2,1-2H3,(H,47,50)/b13-11-,17-15-. The summed E-state index contributed by atoms with van der Waals surface area (Å²) < 4.78 is 11.2. The molecule has 1 rings (SSSR count). The fraction of sp³-hybridized carbons (Fsp3) is 0.891. The van der Waals surface area contributed by atoms with Crippen LogP contribution in [-0.4, -0.2) is 87.5 Å². The van der Waals surface area contributed by atoms with Gasteiger partial charge in [0.05, 0.1) is 25.4 Å². The summed E-state index contributed by atoms with van der Waals surface area (Å²) in [6.07, 6.45) is 36.0. The second kappa shape index (κ2) is 37.0. The molecule has 1 fully saturated rings. The first-order valence-corrected chi connectivity index (χ1v) is 23.1. The zero-order chi connectivity index (χ0) is 40.2. The minimum Gasteiger partial charge on any atom is -0.394 e. The Bertz CT molecular complexity index is 914. The van der Waals surface area contributed by atoms with Gasteiger partial charge in [0.2, 0.25) is 5.91 Å². The normalized spacial score (nSPS) is 21.5. The molecule has 324 valence electrons. The Hall–Kier alpha value is -1.33. The van der Waals surface area contributed by atoms with Gasteiger partial charge in [-0.3, -0.25) is 4.79 Å². The number of ether oxygens (including phenoxy) is 2. The zero-order valence-corrected chi connectivity index (χ0v) is 35.4. The lowest BCUT2D eigenvalue weighted by atomic mass is 9.99. The van der Waals surface area contributed by atoms with Crippen LogP contribution in [0.4, 0.5) is 0 Å². The topological polar surface area (TPSA) is 149 Å². The smallest absolute Gasteiger partial charge is 0.220 e. The Labute approximate surface area is 337 Å². The second-order valence-electron chi connectivity index (χ2n) is 16.2. The van der Waals surface area contributed by atoms with E-state index in [4.69, 9.17) is 9.47 Å². The molecule has 7 atom stereocenters. The summed E-state index contributed by atoms with van der Waals surface area (Å²) in [5, 5.41) is 54.3. The Morgan fingerprint density at radius 3 is 1.56 bits per heavy atom. The fourth-order valence-electron chi connectivity index (χ4n) is 7.33. The number of carbonyl (C=O) groups is 1. The van der Waals surface area contributed by atoms with Crippen molar-refractivity contribution in [1.82, 2.24) is 5.32 Å². The van der Waals surface area contributed by atoms with Gasteiger partial charge in [-0.2, -0.15) is 0 Å². The first kappa shape index (κ1) is 51.7. The molecule has 7 unspecified atom stereocenters. The van der Waals surface area contributed by atoms with Gasteiger partial charge in [0.1, 0.15) is 24.4 Å². The molecule has 0 bridgehead atoms. The first-order valence-electron chi connectivity index (χ1n) is 23.1. The molecule has 1 aliphatic rings. The molecule has 0 radical (unpaired) electrons. The summed E-state index contributed by atoms with van der Waals surface area (Å²) in [4.78, 5) is 13.0. The van der Waals surface area contributed by atoms with Crippen molar-refractivity contribution >= 4 is 5.91 Å². The van der Waals surface area contributed by atoms with Crippen LogP contribution in [0.5, 0.6) is 0 Å². The number of rotatable bonds is 38. The van der Waals surface area contributed by atoms with Crippen molar-refractivity contribution in [3.63, 3.8) is 0 Å². The first-order chi connectivity index (χ1) is 26.8. The molecule has 0 aromatic heterocycles. The number of carbonyl (C=O) groups excluding carboxylic acids is 1. The summed E-state index contributed by atoms with van der Waals surface area (Å²) in [5.41, 5.74) is 0. The Kier molecular flexibility index (Phi) is 34.7. The summed E-state index contributed by atoms with van der Waals surface area (Å²) in [6, 6.07) is -0.717. The van der Waals surface area contributed by atoms with Gasteiger partial charge in [-0.25, -0.2) is 0 Å². The molecule has 9 heteroatoms. The lowest BCUT2D eigenvalue weighted by Gasteiger charge is -2.40. The second-order valence-corrected chi connectivity index (χ2v) is 16.2. The van der Waals surface area contributed by atoms with Crippen molar-refractivity contribution in [2.75, 3.05) is 13.2 Å². The maximum absolute atomic E-state index is 13.0. The van der Waals surface area contributed by atoms with Crippen molar-refractivity contribution in [3.8, 4) is 0 Å². The molecular weight excluding hydrogens is 695 g/mol. The minimum atomic E-state index is -1.55. The van der Waals surface area contributed by atoms with E-state index in [9.17, 15) is 30.3 Å². The van der Waals surface area contributed by atoms with Crippen LogP contribution in [0.3, 0.4) is 0 Å². The highest BCUT2D eigenvalue weighted by molar-refractivity contribution is 5.76. The predicted octanol–water partition coefficient (Wildman–Crippen LogP) is 9.50. The van der Waals surface area contributed by atoms with Crippen LogP contribution in [0.1, 0.15) is 206 Å². The largest absolute Gasteiger partial charge is 0.394 e. The van der Waals surface area contributed by atoms with Crippen molar-refractivity contribution < 1.29 is 39.8 Å². The Morgan fingerprint density at radius 1 is 0.618 bits per heavy atom. The summed E-state index contributed by atoms with van der Waals surface area (Å²) in [7, 11) is 0. The predicted molar refractivity (Wildman–Crippen MR) is 226 cm³/mol. The van der Waals surface area contributed by atoms with Gasteiger partial charge in [0, 0.05) is 6.42 Å². The van der Waals surface area contributed by atoms with E-state index in [1.165, 1.54) is 135 Å². The van der Waals surface area contributed by atoms with Crippen molar-refractivity contribution in [1.29, 1.82) is 0 Å². The number of amides is 1. The summed E-state index contributed by atoms with van der Waals surface area (Å²) >= 11 is 0. The lowest BCUT2D eigenvalue weighted by molar-refractivity contribution is -0.302. The average molecular weight is 782 g/mol. The summed E-state index contributed by atoms with van der Waals surface area (Å²) in [5.74, 6) is -0.148. The van der Waals surface area contributed by atoms with Crippen LogP contribution in [0.15, 0.2) is 24.3 Å². The van der Waals surface area contributed by atoms with Crippen LogP contribution >= 0.6 is 0 Å². The SMILES string of the molecule is CCCCC/C=C\C=C/CCCCCCCCCCCCC(=O)NC(COC1OC(CO)C(O)C(O)C1O)C(O)CCCCCCCCCCCCCCC. The van der Waals surface area contributed by atoms with Gasteiger partial charge in [0.15, 0.2) is 6.29 Å². The van der Waals surface area contributed by atoms with Crippen molar-refractivity contribution in [2.45, 2.75) is 249 Å². The lowest BCUT2D eigenvalue weighted by Crippen LogP contribution is -2.60. The molecule has 1 amide bonds. The molecule has 1 saturated heterocycles. The molecule has 0 spiro atoms. The number of hydrogen-bond donors (Lipinski definition) is 6. The number of aliphatic hydroxyl groups is 5. The van der Waals surface area contributed by atoms with E-state index in [0.29, 0.717) is 12.8 Å². The van der Waals surface area contributed by atoms with Gasteiger partial charge in [0.25, 0.3) is 0 Å². The Morgan fingerprint density at radius 2 is 1.05 bits per heavy atom. The number of allylic oxidation sites excluding steroid dienone is 4. The third-order valence-electron chi connectivity index (χ3n) is 11.1. The van der Waals surface area contributed by atoms with E-state index in [1.807, 2.05) is 0 Å². The molecule has 1 heterocycles. The number of unbranched alkanes of at least 4 members (excludes halogenated alkanes) is 25. The van der Waals surface area contributed by atoms with E-state index < -0.39 is 49.5 Å². The molecule has 0 saturated carbocycles. The van der Waals surface area contributed by atoms with Gasteiger partial charge in [-0.15, -0.1) is 0 Å². The highest BCUT2D eigenvalue weighted by atomic mass is 16.7. The number of aliphatic hydroxyl groups excluding tert-OH is 5. The van der Waals surface area contributed by atoms with Crippen LogP contribution in [-0.2, 0) is 14.3 Å². The van der Waals surface area contributed by atoms with Gasteiger partial charge >= 0.3 is 0 Å². The van der Waals surface area contributed by atoms with Crippen molar-refractivity contribution in [2.24, 2.45) is 0 Å². The molecule has 9 nitrogen and oxygen atoms in total. The highest BCUT2D eigenvalue weighted by Gasteiger charge is 2.44. The molecule has 0 aliphatic carbocycles. The van der Waals surface area contributed by atoms with Crippen molar-refractivity contribution in [3.05, 3.63) is 24.3 Å². The third-order valence-corrected chi connectivity index (χ3v) is 11.1. The van der Waals surface area contributed by atoms with E-state index in [0.717, 1.165) is 44.9 Å². The number of hydrogen-bond acceptors (Lipinski definition) is 8. The summed E-state index contributed by atoms with van der Waals surface area (Å²) in [6.45, 7) is 3.80. The molecule has 0 aromatic rings. The van der Waals surface area contributed by atoms with Gasteiger partial charge < -0.3 is 40.3 Å². The Balaban J connectivity index is 2.31. The molecule has 55 heavy (non-hydrogen) atoms. The van der Waals surface area contributed by atoms with Crippen LogP contribution in [0.2, 0.25) is 0 Å².